The number of amides is 1. The van der Waals surface area contributed by atoms with Gasteiger partial charge in [-0.1, -0.05) is 23.2 Å². The third-order valence-electron chi connectivity index (χ3n) is 2.18. The first-order valence-electron chi connectivity index (χ1n) is 4.12. The van der Waals surface area contributed by atoms with Crippen LogP contribution in [0.1, 0.15) is 10.8 Å². The van der Waals surface area contributed by atoms with Crippen LogP contribution < -0.4 is 5.32 Å². The second kappa shape index (κ2) is 3.77. The molecule has 2 unspecified atom stereocenters. The van der Waals surface area contributed by atoms with Gasteiger partial charge in [0, 0.05) is 38.4 Å². The summed E-state index contributed by atoms with van der Waals surface area (Å²) in [6, 6.07) is 3.15. The smallest absolute Gasteiger partial charge is 0.244 e. The van der Waals surface area contributed by atoms with E-state index in [1.54, 1.807) is 12.1 Å². The van der Waals surface area contributed by atoms with Crippen LogP contribution in [0.3, 0.4) is 0 Å². The van der Waals surface area contributed by atoms with Crippen LogP contribution >= 0.6 is 23.2 Å². The number of carbonyl (C=O) groups excluding carboxylic acids is 1. The molecule has 1 aromatic carbocycles. The van der Waals surface area contributed by atoms with Crippen molar-refractivity contribution in [3.8, 4) is 0 Å². The molecule has 0 saturated carbocycles. The summed E-state index contributed by atoms with van der Waals surface area (Å²) in [4.78, 5) is 11.5. The predicted octanol–water partition coefficient (Wildman–Crippen LogP) is 2.37. The summed E-state index contributed by atoms with van der Waals surface area (Å²) in [6.45, 7) is 0. The van der Waals surface area contributed by atoms with Crippen LogP contribution in [0.4, 0.5) is 5.69 Å². The van der Waals surface area contributed by atoms with Gasteiger partial charge in [-0.2, -0.15) is 0 Å². The molecule has 0 aromatic heterocycles. The lowest BCUT2D eigenvalue weighted by Gasteiger charge is -2.06. The van der Waals surface area contributed by atoms with Crippen molar-refractivity contribution in [3.05, 3.63) is 27.7 Å². The van der Waals surface area contributed by atoms with Crippen LogP contribution in [0.25, 0.3) is 0 Å². The number of carbonyl (C=O) groups is 1. The molecule has 1 heterocycles. The lowest BCUT2D eigenvalue weighted by molar-refractivity contribution is -0.115. The van der Waals surface area contributed by atoms with E-state index in [4.69, 9.17) is 23.2 Å². The number of rotatable bonds is 1. The Morgan fingerprint density at radius 3 is 2.67 bits per heavy atom. The van der Waals surface area contributed by atoms with E-state index in [0.29, 0.717) is 21.3 Å². The Morgan fingerprint density at radius 2 is 2.07 bits per heavy atom. The molecule has 0 saturated heterocycles. The number of hydrogen-bond donors (Lipinski definition) is 1. The van der Waals surface area contributed by atoms with Crippen LogP contribution in [-0.4, -0.2) is 16.4 Å². The molecule has 15 heavy (non-hydrogen) atoms. The van der Waals surface area contributed by atoms with E-state index in [2.05, 4.69) is 5.32 Å². The van der Waals surface area contributed by atoms with Crippen molar-refractivity contribution in [1.82, 2.24) is 0 Å². The average molecular weight is 264 g/mol. The Morgan fingerprint density at radius 1 is 1.40 bits per heavy atom. The van der Waals surface area contributed by atoms with Crippen molar-refractivity contribution < 1.29 is 9.00 Å². The third-order valence-corrected chi connectivity index (χ3v) is 3.83. The van der Waals surface area contributed by atoms with Gasteiger partial charge < -0.3 is 5.32 Å². The SMILES string of the molecule is CS(=O)C1C(=O)Nc2cc(Cl)cc(Cl)c21. The standard InChI is InChI=1S/C9H7Cl2NO2S/c1-15(14)8-7-5(11)2-4(10)3-6(7)12-9(8)13/h2-3,8H,1H3,(H,12,13). The molecule has 1 aromatic rings. The minimum atomic E-state index is -1.29. The van der Waals surface area contributed by atoms with E-state index in [9.17, 15) is 9.00 Å². The molecule has 6 heteroatoms. The minimum absolute atomic E-state index is 0.296. The normalized spacial score (nSPS) is 21.0. The Labute approximate surface area is 99.2 Å². The number of fused-ring (bicyclic) bond motifs is 1. The van der Waals surface area contributed by atoms with Crippen molar-refractivity contribution in [1.29, 1.82) is 0 Å². The van der Waals surface area contributed by atoms with Crippen molar-refractivity contribution in [2.75, 3.05) is 11.6 Å². The maximum atomic E-state index is 11.5. The average Bonchev–Trinajstić information content (AvgIpc) is 2.40. The zero-order valence-electron chi connectivity index (χ0n) is 7.71. The monoisotopic (exact) mass is 263 g/mol. The minimum Gasteiger partial charge on any atom is -0.324 e. The van der Waals surface area contributed by atoms with Gasteiger partial charge in [-0.3, -0.25) is 9.00 Å². The fraction of sp³-hybridized carbons (Fsp3) is 0.222. The fourth-order valence-electron chi connectivity index (χ4n) is 1.60. The van der Waals surface area contributed by atoms with Gasteiger partial charge in [-0.15, -0.1) is 0 Å². The fourth-order valence-corrected chi connectivity index (χ4v) is 3.21. The van der Waals surface area contributed by atoms with Gasteiger partial charge in [0.1, 0.15) is 5.25 Å². The molecule has 0 radical (unpaired) electrons. The molecule has 0 fully saturated rings. The van der Waals surface area contributed by atoms with Crippen molar-refractivity contribution in [2.24, 2.45) is 0 Å². The highest BCUT2D eigenvalue weighted by Gasteiger charge is 2.35. The Bertz CT molecular complexity index is 475. The highest BCUT2D eigenvalue weighted by Crippen LogP contribution is 2.41. The summed E-state index contributed by atoms with van der Waals surface area (Å²) >= 11 is 11.8. The largest absolute Gasteiger partial charge is 0.324 e. The van der Waals surface area contributed by atoms with Crippen molar-refractivity contribution >= 4 is 45.6 Å². The van der Waals surface area contributed by atoms with Crippen LogP contribution in [0.15, 0.2) is 12.1 Å². The second-order valence-electron chi connectivity index (χ2n) is 3.22. The molecular weight excluding hydrogens is 257 g/mol. The first-order chi connectivity index (χ1) is 7.00. The maximum Gasteiger partial charge on any atom is 0.244 e. The second-order valence-corrected chi connectivity index (χ2v) is 5.53. The van der Waals surface area contributed by atoms with Gasteiger partial charge in [0.15, 0.2) is 0 Å². The molecule has 1 N–H and O–H groups in total. The summed E-state index contributed by atoms with van der Waals surface area (Å²) in [6.07, 6.45) is 1.48. The van der Waals surface area contributed by atoms with Gasteiger partial charge in [0.05, 0.1) is 0 Å². The number of halogens is 2. The molecule has 1 amide bonds. The topological polar surface area (TPSA) is 46.2 Å². The van der Waals surface area contributed by atoms with Crippen LogP contribution in [0, 0.1) is 0 Å². The first kappa shape index (κ1) is 10.9. The molecule has 1 aliphatic heterocycles. The molecule has 0 spiro atoms. The summed E-state index contributed by atoms with van der Waals surface area (Å²) in [5, 5.41) is 2.74. The predicted molar refractivity (Wildman–Crippen MR) is 61.9 cm³/mol. The summed E-state index contributed by atoms with van der Waals surface area (Å²) in [5.74, 6) is -0.296. The van der Waals surface area contributed by atoms with E-state index >= 15 is 0 Å². The zero-order valence-corrected chi connectivity index (χ0v) is 10.0. The number of nitrogens with one attached hydrogen (secondary N) is 1. The zero-order chi connectivity index (χ0) is 11.2. The summed E-state index contributed by atoms with van der Waals surface area (Å²) in [7, 11) is -1.29. The quantitative estimate of drug-likeness (QED) is 0.846. The Balaban J connectivity index is 2.63. The van der Waals surface area contributed by atoms with Crippen molar-refractivity contribution in [3.63, 3.8) is 0 Å². The third kappa shape index (κ3) is 1.77. The van der Waals surface area contributed by atoms with Crippen LogP contribution in [-0.2, 0) is 15.6 Å². The van der Waals surface area contributed by atoms with E-state index in [-0.39, 0.29) is 5.91 Å². The lowest BCUT2D eigenvalue weighted by Crippen LogP contribution is -2.15. The van der Waals surface area contributed by atoms with E-state index in [1.165, 1.54) is 6.26 Å². The molecule has 80 valence electrons. The molecule has 2 rings (SSSR count). The van der Waals surface area contributed by atoms with E-state index in [1.807, 2.05) is 0 Å². The number of anilines is 1. The molecule has 2 atom stereocenters. The maximum absolute atomic E-state index is 11.5. The Hall–Kier alpha value is -0.580. The van der Waals surface area contributed by atoms with E-state index < -0.39 is 16.0 Å². The van der Waals surface area contributed by atoms with Gasteiger partial charge in [-0.25, -0.2) is 0 Å². The van der Waals surface area contributed by atoms with Gasteiger partial charge in [0.25, 0.3) is 0 Å². The molecule has 0 bridgehead atoms. The molecule has 0 aliphatic carbocycles. The van der Waals surface area contributed by atoms with Crippen LogP contribution in [0.5, 0.6) is 0 Å². The van der Waals surface area contributed by atoms with Crippen LogP contribution in [0.2, 0.25) is 10.0 Å². The summed E-state index contributed by atoms with van der Waals surface area (Å²) in [5.41, 5.74) is 1.13. The highest BCUT2D eigenvalue weighted by molar-refractivity contribution is 7.85. The highest BCUT2D eigenvalue weighted by atomic mass is 35.5. The Kier molecular flexibility index (Phi) is 2.75. The first-order valence-corrected chi connectivity index (χ1v) is 6.50. The number of benzene rings is 1. The van der Waals surface area contributed by atoms with E-state index in [0.717, 1.165) is 0 Å². The molecule has 3 nitrogen and oxygen atoms in total. The summed E-state index contributed by atoms with van der Waals surface area (Å²) < 4.78 is 11.4. The van der Waals surface area contributed by atoms with Gasteiger partial charge in [0.2, 0.25) is 5.91 Å². The van der Waals surface area contributed by atoms with Gasteiger partial charge in [-0.05, 0) is 12.1 Å². The molecular formula is C9H7Cl2NO2S. The number of hydrogen-bond acceptors (Lipinski definition) is 2. The lowest BCUT2D eigenvalue weighted by atomic mass is 10.1. The van der Waals surface area contributed by atoms with Crippen molar-refractivity contribution in [2.45, 2.75) is 5.25 Å². The molecule has 1 aliphatic rings. The van der Waals surface area contributed by atoms with Gasteiger partial charge >= 0.3 is 0 Å².